The molecule has 3 nitrogen and oxygen atoms in total. The summed E-state index contributed by atoms with van der Waals surface area (Å²) in [6.45, 7) is 0. The highest BCUT2D eigenvalue weighted by atomic mass is 16.5. The Bertz CT molecular complexity index is 925. The van der Waals surface area contributed by atoms with Gasteiger partial charge in [-0.05, 0) is 29.0 Å². The van der Waals surface area contributed by atoms with Crippen LogP contribution in [0.4, 0.5) is 5.69 Å². The molecule has 3 aromatic rings. The summed E-state index contributed by atoms with van der Waals surface area (Å²) in [5.74, 6) is -0.212. The molecule has 0 aromatic heterocycles. The summed E-state index contributed by atoms with van der Waals surface area (Å²) in [6.07, 6.45) is 0. The van der Waals surface area contributed by atoms with Gasteiger partial charge in [-0.2, -0.15) is 4.74 Å². The number of ketones is 1. The number of rotatable bonds is 1. The fraction of sp³-hybridized carbons (Fsp3) is 0. The predicted octanol–water partition coefficient (Wildman–Crippen LogP) is 3.67. The minimum absolute atomic E-state index is 0.196. The van der Waals surface area contributed by atoms with Crippen molar-refractivity contribution in [3.63, 3.8) is 0 Å². The van der Waals surface area contributed by atoms with Crippen LogP contribution in [0.3, 0.4) is 0 Å². The number of para-hydroxylation sites is 1. The average Bonchev–Trinajstić information content (AvgIpc) is 2.79. The van der Waals surface area contributed by atoms with Crippen molar-refractivity contribution in [3.8, 4) is 0 Å². The van der Waals surface area contributed by atoms with Gasteiger partial charge in [0.1, 0.15) is 5.56 Å². The first kappa shape index (κ1) is 11.9. The Balaban J connectivity index is 1.93. The molecule has 1 aliphatic rings. The van der Waals surface area contributed by atoms with Crippen LogP contribution in [0.1, 0.15) is 15.9 Å². The molecule has 1 heterocycles. The first-order valence-corrected chi connectivity index (χ1v) is 6.73. The number of carbonyl (C=O) groups excluding carboxylic acids is 1. The summed E-state index contributed by atoms with van der Waals surface area (Å²) in [5, 5.41) is 14.5. The van der Waals surface area contributed by atoms with Gasteiger partial charge in [0.2, 0.25) is 5.69 Å². The van der Waals surface area contributed by atoms with Gasteiger partial charge in [0, 0.05) is 6.07 Å². The van der Waals surface area contributed by atoms with Crippen molar-refractivity contribution in [3.05, 3.63) is 83.1 Å². The lowest BCUT2D eigenvalue weighted by Crippen LogP contribution is -2.16. The second-order valence-electron chi connectivity index (χ2n) is 5.05. The molecule has 0 N–H and O–H groups in total. The van der Waals surface area contributed by atoms with E-state index in [4.69, 9.17) is 0 Å². The number of nitrogens with zero attached hydrogens (tertiary/aromatic N) is 1. The molecule has 0 aliphatic carbocycles. The maximum atomic E-state index is 12.5. The standard InChI is InChI=1S/C18H11NO2/c20-18-15-7-3-4-8-16(15)19(21)17(18)14-10-9-12-5-1-2-6-13(12)11-14/h1-11H. The largest absolute Gasteiger partial charge is 0.618 e. The van der Waals surface area contributed by atoms with Crippen molar-refractivity contribution >= 4 is 28.0 Å². The van der Waals surface area contributed by atoms with Crippen LogP contribution in [0.5, 0.6) is 0 Å². The number of Topliss-reactive ketones (excluding diaryl/α,β-unsaturated/α-hetero) is 1. The zero-order chi connectivity index (χ0) is 14.4. The third-order valence-electron chi connectivity index (χ3n) is 3.81. The maximum Gasteiger partial charge on any atom is 0.272 e. The maximum absolute atomic E-state index is 12.5. The third kappa shape index (κ3) is 1.68. The van der Waals surface area contributed by atoms with E-state index in [9.17, 15) is 10.0 Å². The molecule has 0 spiro atoms. The third-order valence-corrected chi connectivity index (χ3v) is 3.81. The Morgan fingerprint density at radius 2 is 1.52 bits per heavy atom. The van der Waals surface area contributed by atoms with Crippen LogP contribution in [0.25, 0.3) is 10.8 Å². The highest BCUT2D eigenvalue weighted by Crippen LogP contribution is 2.28. The van der Waals surface area contributed by atoms with Crippen molar-refractivity contribution in [2.75, 3.05) is 0 Å². The highest BCUT2D eigenvalue weighted by molar-refractivity contribution is 6.52. The fourth-order valence-electron chi connectivity index (χ4n) is 2.77. The van der Waals surface area contributed by atoms with E-state index >= 15 is 0 Å². The molecule has 100 valence electrons. The molecule has 21 heavy (non-hydrogen) atoms. The van der Waals surface area contributed by atoms with E-state index in [1.807, 2.05) is 42.5 Å². The van der Waals surface area contributed by atoms with Crippen LogP contribution in [-0.2, 0) is 0 Å². The Morgan fingerprint density at radius 3 is 2.33 bits per heavy atom. The summed E-state index contributed by atoms with van der Waals surface area (Å²) >= 11 is 0. The molecule has 0 amide bonds. The predicted molar refractivity (Wildman–Crippen MR) is 82.1 cm³/mol. The minimum Gasteiger partial charge on any atom is -0.618 e. The average molecular weight is 273 g/mol. The molecular weight excluding hydrogens is 262 g/mol. The van der Waals surface area contributed by atoms with Gasteiger partial charge in [-0.1, -0.05) is 42.5 Å². The van der Waals surface area contributed by atoms with E-state index in [0.717, 1.165) is 15.5 Å². The number of benzene rings is 3. The SMILES string of the molecule is O=C1C(c2ccc3ccccc3c2)=[N+]([O-])c2ccccc21. The highest BCUT2D eigenvalue weighted by Gasteiger charge is 2.36. The Morgan fingerprint density at radius 1 is 0.810 bits per heavy atom. The Kier molecular flexibility index (Phi) is 2.42. The summed E-state index contributed by atoms with van der Waals surface area (Å²) in [4.78, 5) is 12.5. The first-order valence-electron chi connectivity index (χ1n) is 6.73. The second-order valence-corrected chi connectivity index (χ2v) is 5.05. The van der Waals surface area contributed by atoms with Gasteiger partial charge in [0.05, 0.1) is 5.56 Å². The molecule has 0 bridgehead atoms. The van der Waals surface area contributed by atoms with Crippen molar-refractivity contribution in [1.29, 1.82) is 0 Å². The van der Waals surface area contributed by atoms with Gasteiger partial charge in [-0.25, -0.2) is 0 Å². The lowest BCUT2D eigenvalue weighted by molar-refractivity contribution is -0.355. The van der Waals surface area contributed by atoms with E-state index < -0.39 is 0 Å². The molecule has 3 aromatic carbocycles. The van der Waals surface area contributed by atoms with Crippen molar-refractivity contribution in [2.45, 2.75) is 0 Å². The van der Waals surface area contributed by atoms with Gasteiger partial charge in [0.25, 0.3) is 11.5 Å². The van der Waals surface area contributed by atoms with E-state index in [1.54, 1.807) is 24.3 Å². The molecule has 1 aliphatic heterocycles. The van der Waals surface area contributed by atoms with Crippen LogP contribution in [0.15, 0.2) is 66.7 Å². The van der Waals surface area contributed by atoms with E-state index in [-0.39, 0.29) is 11.5 Å². The lowest BCUT2D eigenvalue weighted by Gasteiger charge is -2.03. The summed E-state index contributed by atoms with van der Waals surface area (Å²) in [6, 6.07) is 20.4. The topological polar surface area (TPSA) is 43.1 Å². The molecule has 0 saturated heterocycles. The molecule has 0 radical (unpaired) electrons. The normalized spacial score (nSPS) is 13.8. The van der Waals surface area contributed by atoms with Crippen LogP contribution in [0.2, 0.25) is 0 Å². The van der Waals surface area contributed by atoms with Gasteiger partial charge < -0.3 is 5.21 Å². The van der Waals surface area contributed by atoms with E-state index in [0.29, 0.717) is 16.8 Å². The van der Waals surface area contributed by atoms with Gasteiger partial charge in [0.15, 0.2) is 0 Å². The van der Waals surface area contributed by atoms with Crippen LogP contribution in [0, 0.1) is 5.21 Å². The van der Waals surface area contributed by atoms with Gasteiger partial charge in [-0.15, -0.1) is 0 Å². The summed E-state index contributed by atoms with van der Waals surface area (Å²) in [7, 11) is 0. The summed E-state index contributed by atoms with van der Waals surface area (Å²) < 4.78 is 0.738. The molecule has 0 saturated carbocycles. The van der Waals surface area contributed by atoms with Crippen molar-refractivity contribution in [2.24, 2.45) is 0 Å². The molecule has 0 unspecified atom stereocenters. The van der Waals surface area contributed by atoms with Crippen LogP contribution >= 0.6 is 0 Å². The van der Waals surface area contributed by atoms with Crippen molar-refractivity contribution < 1.29 is 9.53 Å². The van der Waals surface area contributed by atoms with E-state index in [2.05, 4.69) is 0 Å². The van der Waals surface area contributed by atoms with Gasteiger partial charge >= 0.3 is 0 Å². The molecular formula is C18H11NO2. The zero-order valence-corrected chi connectivity index (χ0v) is 11.1. The summed E-state index contributed by atoms with van der Waals surface area (Å²) in [5.41, 5.74) is 1.74. The first-order chi connectivity index (χ1) is 10.3. The zero-order valence-electron chi connectivity index (χ0n) is 11.1. The molecule has 0 fully saturated rings. The Hall–Kier alpha value is -2.94. The van der Waals surface area contributed by atoms with Crippen molar-refractivity contribution in [1.82, 2.24) is 0 Å². The minimum atomic E-state index is -0.212. The van der Waals surface area contributed by atoms with Gasteiger partial charge in [-0.3, -0.25) is 4.79 Å². The number of hydrogen-bond acceptors (Lipinski definition) is 2. The quantitative estimate of drug-likeness (QED) is 0.501. The smallest absolute Gasteiger partial charge is 0.272 e. The second kappa shape index (κ2) is 4.28. The van der Waals surface area contributed by atoms with Crippen LogP contribution in [-0.4, -0.2) is 16.2 Å². The lowest BCUT2D eigenvalue weighted by atomic mass is 10.00. The molecule has 4 rings (SSSR count). The number of carbonyl (C=O) groups is 1. The Labute approximate surface area is 121 Å². The fourth-order valence-corrected chi connectivity index (χ4v) is 2.77. The number of hydrogen-bond donors (Lipinski definition) is 0. The van der Waals surface area contributed by atoms with Crippen LogP contribution < -0.4 is 0 Å². The molecule has 3 heteroatoms. The number of fused-ring (bicyclic) bond motifs is 2. The molecule has 0 atom stereocenters. The van der Waals surface area contributed by atoms with E-state index in [1.165, 1.54) is 0 Å². The monoisotopic (exact) mass is 273 g/mol.